The molecule has 0 unspecified atom stereocenters. The maximum absolute atomic E-state index is 11.9. The highest BCUT2D eigenvalue weighted by Crippen LogP contribution is 2.19. The van der Waals surface area contributed by atoms with Crippen LogP contribution in [-0.2, 0) is 16.6 Å². The van der Waals surface area contributed by atoms with E-state index in [1.807, 2.05) is 6.92 Å². The number of anilines is 1. The molecule has 1 rings (SSSR count). The first-order valence-electron chi connectivity index (χ1n) is 5.48. The van der Waals surface area contributed by atoms with E-state index < -0.39 is 11.9 Å². The molecular formula is C12H17N3O3. The van der Waals surface area contributed by atoms with E-state index in [2.05, 4.69) is 10.4 Å². The van der Waals surface area contributed by atoms with Crippen molar-refractivity contribution in [3.8, 4) is 0 Å². The van der Waals surface area contributed by atoms with Crippen molar-refractivity contribution in [2.45, 2.75) is 27.7 Å². The van der Waals surface area contributed by atoms with Crippen molar-refractivity contribution in [3.63, 3.8) is 0 Å². The van der Waals surface area contributed by atoms with Crippen LogP contribution in [0.15, 0.2) is 11.1 Å². The molecule has 2 N–H and O–H groups in total. The smallest absolute Gasteiger partial charge is 0.331 e. The highest BCUT2D eigenvalue weighted by molar-refractivity contribution is 6.08. The lowest BCUT2D eigenvalue weighted by Gasteiger charge is -2.07. The number of rotatable bonds is 3. The third kappa shape index (κ3) is 2.58. The Hall–Kier alpha value is -2.11. The SMILES string of the molecule is CC(C(=O)O)=C(C)C(=O)Nc1c(C)nn(C)c1C. The van der Waals surface area contributed by atoms with Gasteiger partial charge in [-0.25, -0.2) is 4.79 Å². The number of aromatic nitrogens is 2. The van der Waals surface area contributed by atoms with E-state index in [1.165, 1.54) is 13.8 Å². The largest absolute Gasteiger partial charge is 0.478 e. The molecule has 1 heterocycles. The van der Waals surface area contributed by atoms with Gasteiger partial charge in [-0.3, -0.25) is 9.48 Å². The number of amides is 1. The van der Waals surface area contributed by atoms with Gasteiger partial charge in [-0.1, -0.05) is 0 Å². The second kappa shape index (κ2) is 5.03. The summed E-state index contributed by atoms with van der Waals surface area (Å²) < 4.78 is 1.66. The molecule has 0 radical (unpaired) electrons. The molecule has 1 aromatic rings. The minimum atomic E-state index is -1.10. The van der Waals surface area contributed by atoms with E-state index >= 15 is 0 Å². The zero-order valence-electron chi connectivity index (χ0n) is 11.2. The van der Waals surface area contributed by atoms with E-state index in [-0.39, 0.29) is 11.1 Å². The summed E-state index contributed by atoms with van der Waals surface area (Å²) in [5, 5.41) is 15.7. The summed E-state index contributed by atoms with van der Waals surface area (Å²) in [6, 6.07) is 0. The highest BCUT2D eigenvalue weighted by Gasteiger charge is 2.16. The lowest BCUT2D eigenvalue weighted by molar-refractivity contribution is -0.133. The van der Waals surface area contributed by atoms with Crippen LogP contribution in [-0.4, -0.2) is 26.8 Å². The number of carbonyl (C=O) groups is 2. The van der Waals surface area contributed by atoms with Gasteiger partial charge >= 0.3 is 5.97 Å². The van der Waals surface area contributed by atoms with Gasteiger partial charge in [0.2, 0.25) is 0 Å². The summed E-state index contributed by atoms with van der Waals surface area (Å²) >= 11 is 0. The van der Waals surface area contributed by atoms with E-state index in [0.29, 0.717) is 11.4 Å². The summed E-state index contributed by atoms with van der Waals surface area (Å²) in [5.74, 6) is -1.52. The van der Waals surface area contributed by atoms with Crippen molar-refractivity contribution in [2.24, 2.45) is 7.05 Å². The van der Waals surface area contributed by atoms with Crippen LogP contribution in [0.2, 0.25) is 0 Å². The van der Waals surface area contributed by atoms with E-state index in [1.54, 1.807) is 18.7 Å². The molecule has 0 saturated heterocycles. The molecule has 6 heteroatoms. The van der Waals surface area contributed by atoms with Gasteiger partial charge in [0.05, 0.1) is 17.1 Å². The number of aliphatic carboxylic acids is 1. The van der Waals surface area contributed by atoms with Gasteiger partial charge in [-0.05, 0) is 27.7 Å². The molecule has 0 aromatic carbocycles. The molecule has 0 spiro atoms. The van der Waals surface area contributed by atoms with Crippen LogP contribution in [0.3, 0.4) is 0 Å². The Morgan fingerprint density at radius 3 is 2.17 bits per heavy atom. The predicted octanol–water partition coefficient (Wildman–Crippen LogP) is 1.40. The zero-order chi connectivity index (χ0) is 14.0. The molecule has 0 aliphatic heterocycles. The first-order chi connectivity index (χ1) is 8.25. The molecule has 0 aliphatic rings. The molecule has 0 saturated carbocycles. The number of hydrogen-bond donors (Lipinski definition) is 2. The quantitative estimate of drug-likeness (QED) is 0.795. The fourth-order valence-corrected chi connectivity index (χ4v) is 1.49. The van der Waals surface area contributed by atoms with Crippen molar-refractivity contribution >= 4 is 17.6 Å². The molecule has 0 fully saturated rings. The van der Waals surface area contributed by atoms with Crippen molar-refractivity contribution in [2.75, 3.05) is 5.32 Å². The Balaban J connectivity index is 3.02. The first-order valence-corrected chi connectivity index (χ1v) is 5.48. The summed E-state index contributed by atoms with van der Waals surface area (Å²) in [6.45, 7) is 6.50. The van der Waals surface area contributed by atoms with Crippen LogP contribution < -0.4 is 5.32 Å². The minimum Gasteiger partial charge on any atom is -0.478 e. The maximum Gasteiger partial charge on any atom is 0.331 e. The summed E-state index contributed by atoms with van der Waals surface area (Å²) in [4.78, 5) is 22.7. The molecular weight excluding hydrogens is 234 g/mol. The predicted molar refractivity (Wildman–Crippen MR) is 67.3 cm³/mol. The van der Waals surface area contributed by atoms with E-state index in [9.17, 15) is 9.59 Å². The lowest BCUT2D eigenvalue weighted by atomic mass is 10.1. The number of carbonyl (C=O) groups excluding carboxylic acids is 1. The average molecular weight is 251 g/mol. The van der Waals surface area contributed by atoms with Gasteiger partial charge < -0.3 is 10.4 Å². The normalized spacial score (nSPS) is 12.1. The Morgan fingerprint density at radius 1 is 1.22 bits per heavy atom. The Bertz CT molecular complexity index is 541. The van der Waals surface area contributed by atoms with Crippen molar-refractivity contribution in [3.05, 3.63) is 22.5 Å². The Morgan fingerprint density at radius 2 is 1.78 bits per heavy atom. The van der Waals surface area contributed by atoms with Gasteiger partial charge in [-0.2, -0.15) is 5.10 Å². The molecule has 1 aromatic heterocycles. The molecule has 98 valence electrons. The monoisotopic (exact) mass is 251 g/mol. The standard InChI is InChI=1S/C12H17N3O3/c1-6(7(2)12(17)18)11(16)13-10-8(3)14-15(5)9(10)4/h1-5H3,(H,13,16)(H,17,18). The summed E-state index contributed by atoms with van der Waals surface area (Å²) in [7, 11) is 1.78. The van der Waals surface area contributed by atoms with Crippen molar-refractivity contribution in [1.29, 1.82) is 0 Å². The maximum atomic E-state index is 11.9. The molecule has 6 nitrogen and oxygen atoms in total. The number of nitrogens with zero attached hydrogens (tertiary/aromatic N) is 2. The van der Waals surface area contributed by atoms with Gasteiger partial charge in [0.15, 0.2) is 0 Å². The topological polar surface area (TPSA) is 84.2 Å². The van der Waals surface area contributed by atoms with Crippen molar-refractivity contribution < 1.29 is 14.7 Å². The second-order valence-corrected chi connectivity index (χ2v) is 4.18. The summed E-state index contributed by atoms with van der Waals surface area (Å²) in [6.07, 6.45) is 0. The highest BCUT2D eigenvalue weighted by atomic mass is 16.4. The van der Waals surface area contributed by atoms with Crippen LogP contribution in [0.4, 0.5) is 5.69 Å². The summed E-state index contributed by atoms with van der Waals surface area (Å²) in [5.41, 5.74) is 2.36. The molecule has 0 aliphatic carbocycles. The third-order valence-corrected chi connectivity index (χ3v) is 2.97. The number of aryl methyl sites for hydroxylation is 2. The second-order valence-electron chi connectivity index (χ2n) is 4.18. The van der Waals surface area contributed by atoms with Crippen LogP contribution >= 0.6 is 0 Å². The van der Waals surface area contributed by atoms with Crippen LogP contribution in [0.1, 0.15) is 25.2 Å². The van der Waals surface area contributed by atoms with E-state index in [0.717, 1.165) is 5.69 Å². The van der Waals surface area contributed by atoms with Crippen molar-refractivity contribution in [1.82, 2.24) is 9.78 Å². The third-order valence-electron chi connectivity index (χ3n) is 2.97. The van der Waals surface area contributed by atoms with E-state index in [4.69, 9.17) is 5.11 Å². The van der Waals surface area contributed by atoms with Gasteiger partial charge in [0.1, 0.15) is 0 Å². The zero-order valence-corrected chi connectivity index (χ0v) is 11.2. The number of nitrogens with one attached hydrogen (secondary N) is 1. The first kappa shape index (κ1) is 14.0. The van der Waals surface area contributed by atoms with Crippen LogP contribution in [0.5, 0.6) is 0 Å². The molecule has 1 amide bonds. The number of carboxylic acid groups (broad SMARTS) is 1. The van der Waals surface area contributed by atoms with Gasteiger partial charge in [0, 0.05) is 18.2 Å². The number of carboxylic acids is 1. The average Bonchev–Trinajstić information content (AvgIpc) is 2.53. The van der Waals surface area contributed by atoms with Gasteiger partial charge in [-0.15, -0.1) is 0 Å². The Kier molecular flexibility index (Phi) is 3.90. The minimum absolute atomic E-state index is 0.0340. The molecule has 0 bridgehead atoms. The molecule has 0 atom stereocenters. The lowest BCUT2D eigenvalue weighted by Crippen LogP contribution is -2.17. The number of hydrogen-bond acceptors (Lipinski definition) is 3. The fraction of sp³-hybridized carbons (Fsp3) is 0.417. The Labute approximate surface area is 105 Å². The fourth-order valence-electron chi connectivity index (χ4n) is 1.49. The molecule has 18 heavy (non-hydrogen) atoms. The van der Waals surface area contributed by atoms with Crippen LogP contribution in [0, 0.1) is 13.8 Å². The van der Waals surface area contributed by atoms with Crippen LogP contribution in [0.25, 0.3) is 0 Å². The van der Waals surface area contributed by atoms with Gasteiger partial charge in [0.25, 0.3) is 5.91 Å².